The van der Waals surface area contributed by atoms with E-state index in [2.05, 4.69) is 23.8 Å². The van der Waals surface area contributed by atoms with E-state index in [1.807, 2.05) is 0 Å². The van der Waals surface area contributed by atoms with Crippen LogP contribution in [-0.2, 0) is 10.0 Å². The van der Waals surface area contributed by atoms with Gasteiger partial charge < -0.3 is 4.98 Å². The van der Waals surface area contributed by atoms with Gasteiger partial charge in [-0.2, -0.15) is 4.31 Å². The number of nitrogens with zero attached hydrogens (tertiary/aromatic N) is 2. The van der Waals surface area contributed by atoms with Gasteiger partial charge in [0.15, 0.2) is 5.03 Å². The van der Waals surface area contributed by atoms with Gasteiger partial charge in [0.05, 0.1) is 12.5 Å². The molecule has 0 unspecified atom stereocenters. The average molecular weight is 271 g/mol. The Morgan fingerprint density at radius 1 is 1.39 bits per heavy atom. The van der Waals surface area contributed by atoms with Crippen molar-refractivity contribution in [2.24, 2.45) is 5.41 Å². The van der Waals surface area contributed by atoms with Gasteiger partial charge in [-0.1, -0.05) is 13.8 Å². The summed E-state index contributed by atoms with van der Waals surface area (Å²) < 4.78 is 26.1. The molecule has 0 bridgehead atoms. The molecule has 6 heteroatoms. The quantitative estimate of drug-likeness (QED) is 0.914. The Hall–Kier alpha value is -0.880. The number of sulfonamides is 1. The highest BCUT2D eigenvalue weighted by Crippen LogP contribution is 2.37. The first-order valence-electron chi connectivity index (χ1n) is 6.29. The Bertz CT molecular complexity index is 483. The van der Waals surface area contributed by atoms with E-state index in [9.17, 15) is 8.42 Å². The van der Waals surface area contributed by atoms with Crippen LogP contribution in [0.1, 0.15) is 39.5 Å². The summed E-state index contributed by atoms with van der Waals surface area (Å²) in [6, 6.07) is 0.103. The molecule has 18 heavy (non-hydrogen) atoms. The van der Waals surface area contributed by atoms with Crippen LogP contribution >= 0.6 is 0 Å². The monoisotopic (exact) mass is 271 g/mol. The van der Waals surface area contributed by atoms with Gasteiger partial charge in [-0.25, -0.2) is 13.4 Å². The fraction of sp³-hybridized carbons (Fsp3) is 0.750. The summed E-state index contributed by atoms with van der Waals surface area (Å²) in [7, 11) is -1.75. The minimum Gasteiger partial charge on any atom is -0.335 e. The molecule has 1 aliphatic carbocycles. The first kappa shape index (κ1) is 13.5. The van der Waals surface area contributed by atoms with E-state index in [0.29, 0.717) is 5.41 Å². The molecule has 0 radical (unpaired) electrons. The highest BCUT2D eigenvalue weighted by molar-refractivity contribution is 7.89. The van der Waals surface area contributed by atoms with Crippen LogP contribution in [0.2, 0.25) is 0 Å². The third-order valence-electron chi connectivity index (χ3n) is 3.95. The van der Waals surface area contributed by atoms with Crippen molar-refractivity contribution in [3.8, 4) is 0 Å². The van der Waals surface area contributed by atoms with Crippen LogP contribution in [0.15, 0.2) is 17.6 Å². The fourth-order valence-corrected chi connectivity index (χ4v) is 3.79. The molecule has 0 aromatic carbocycles. The second kappa shape index (κ2) is 4.66. The summed E-state index contributed by atoms with van der Waals surface area (Å²) in [4.78, 5) is 6.45. The van der Waals surface area contributed by atoms with Crippen LogP contribution < -0.4 is 0 Å². The second-order valence-electron chi connectivity index (χ2n) is 5.83. The maximum absolute atomic E-state index is 12.3. The molecule has 0 amide bonds. The first-order valence-corrected chi connectivity index (χ1v) is 7.73. The molecule has 1 fully saturated rings. The molecule has 1 aromatic heterocycles. The van der Waals surface area contributed by atoms with Crippen molar-refractivity contribution in [3.63, 3.8) is 0 Å². The van der Waals surface area contributed by atoms with Gasteiger partial charge in [0.2, 0.25) is 0 Å². The molecule has 0 saturated heterocycles. The highest BCUT2D eigenvalue weighted by Gasteiger charge is 2.34. The summed E-state index contributed by atoms with van der Waals surface area (Å²) in [5, 5.41) is 0.176. The smallest absolute Gasteiger partial charge is 0.260 e. The summed E-state index contributed by atoms with van der Waals surface area (Å²) in [6.45, 7) is 4.49. The van der Waals surface area contributed by atoms with Crippen LogP contribution in [0, 0.1) is 5.41 Å². The molecule has 1 saturated carbocycles. The lowest BCUT2D eigenvalue weighted by atomic mass is 9.76. The van der Waals surface area contributed by atoms with Gasteiger partial charge in [-0.3, -0.25) is 0 Å². The van der Waals surface area contributed by atoms with E-state index in [0.717, 1.165) is 25.7 Å². The van der Waals surface area contributed by atoms with Crippen molar-refractivity contribution in [1.29, 1.82) is 0 Å². The average Bonchev–Trinajstić information content (AvgIpc) is 2.82. The van der Waals surface area contributed by atoms with Gasteiger partial charge in [0.1, 0.15) is 0 Å². The number of aromatic amines is 1. The third-order valence-corrected chi connectivity index (χ3v) is 5.79. The minimum absolute atomic E-state index is 0.103. The minimum atomic E-state index is -3.42. The van der Waals surface area contributed by atoms with Crippen LogP contribution in [0.4, 0.5) is 0 Å². The zero-order valence-corrected chi connectivity index (χ0v) is 12.0. The van der Waals surface area contributed by atoms with Crippen LogP contribution in [-0.4, -0.2) is 35.8 Å². The van der Waals surface area contributed by atoms with Crippen molar-refractivity contribution < 1.29 is 8.42 Å². The van der Waals surface area contributed by atoms with Gasteiger partial charge >= 0.3 is 0 Å². The van der Waals surface area contributed by atoms with E-state index in [-0.39, 0.29) is 11.1 Å². The SMILES string of the molecule is CN(C1CCC(C)(C)CC1)S(=O)(=O)c1cnc[nH]1. The molecule has 0 aliphatic heterocycles. The summed E-state index contributed by atoms with van der Waals surface area (Å²) in [5.41, 5.74) is 0.342. The van der Waals surface area contributed by atoms with Gasteiger partial charge in [0, 0.05) is 13.1 Å². The Kier molecular flexibility index (Phi) is 3.51. The molecule has 0 atom stereocenters. The summed E-state index contributed by atoms with van der Waals surface area (Å²) in [5.74, 6) is 0. The van der Waals surface area contributed by atoms with Gasteiger partial charge in [0.25, 0.3) is 10.0 Å². The topological polar surface area (TPSA) is 66.1 Å². The van der Waals surface area contributed by atoms with E-state index >= 15 is 0 Å². The Balaban J connectivity index is 2.11. The lowest BCUT2D eigenvalue weighted by Gasteiger charge is -2.37. The molecular weight excluding hydrogens is 250 g/mol. The molecule has 1 aromatic rings. The molecule has 1 aliphatic rings. The normalized spacial score (nSPS) is 21.3. The Morgan fingerprint density at radius 3 is 2.50 bits per heavy atom. The standard InChI is InChI=1S/C12H21N3O2S/c1-12(2)6-4-10(5-7-12)15(3)18(16,17)11-8-13-9-14-11/h8-10H,4-7H2,1-3H3,(H,13,14). The number of aromatic nitrogens is 2. The number of imidazole rings is 1. The molecule has 1 N–H and O–H groups in total. The highest BCUT2D eigenvalue weighted by atomic mass is 32.2. The van der Waals surface area contributed by atoms with Crippen molar-refractivity contribution in [1.82, 2.24) is 14.3 Å². The second-order valence-corrected chi connectivity index (χ2v) is 7.80. The predicted molar refractivity (Wildman–Crippen MR) is 69.6 cm³/mol. The number of hydrogen-bond acceptors (Lipinski definition) is 3. The molecule has 102 valence electrons. The number of nitrogens with one attached hydrogen (secondary N) is 1. The van der Waals surface area contributed by atoms with Crippen LogP contribution in [0.3, 0.4) is 0 Å². The number of H-pyrrole nitrogens is 1. The first-order chi connectivity index (χ1) is 8.33. The van der Waals surface area contributed by atoms with Crippen molar-refractivity contribution >= 4 is 10.0 Å². The van der Waals surface area contributed by atoms with E-state index in [1.54, 1.807) is 7.05 Å². The Morgan fingerprint density at radius 2 is 2.00 bits per heavy atom. The Labute approximate surface area is 109 Å². The van der Waals surface area contributed by atoms with Gasteiger partial charge in [-0.15, -0.1) is 0 Å². The van der Waals surface area contributed by atoms with Crippen LogP contribution in [0.5, 0.6) is 0 Å². The van der Waals surface area contributed by atoms with E-state index in [4.69, 9.17) is 0 Å². The maximum atomic E-state index is 12.3. The van der Waals surface area contributed by atoms with E-state index < -0.39 is 10.0 Å². The van der Waals surface area contributed by atoms with Crippen molar-refractivity contribution in [2.45, 2.75) is 50.6 Å². The number of hydrogen-bond donors (Lipinski definition) is 1. The van der Waals surface area contributed by atoms with E-state index in [1.165, 1.54) is 16.8 Å². The maximum Gasteiger partial charge on any atom is 0.260 e. The van der Waals surface area contributed by atoms with Crippen LogP contribution in [0.25, 0.3) is 0 Å². The zero-order chi connectivity index (χ0) is 13.4. The third kappa shape index (κ3) is 2.59. The largest absolute Gasteiger partial charge is 0.335 e. The van der Waals surface area contributed by atoms with Crippen molar-refractivity contribution in [2.75, 3.05) is 7.05 Å². The molecular formula is C12H21N3O2S. The summed E-state index contributed by atoms with van der Waals surface area (Å²) in [6.07, 6.45) is 6.75. The summed E-state index contributed by atoms with van der Waals surface area (Å²) >= 11 is 0. The number of rotatable bonds is 3. The molecule has 0 spiro atoms. The zero-order valence-electron chi connectivity index (χ0n) is 11.2. The molecule has 1 heterocycles. The molecule has 2 rings (SSSR count). The van der Waals surface area contributed by atoms with Crippen molar-refractivity contribution in [3.05, 3.63) is 12.5 Å². The lowest BCUT2D eigenvalue weighted by Crippen LogP contribution is -2.40. The molecule has 5 nitrogen and oxygen atoms in total. The lowest BCUT2D eigenvalue weighted by molar-refractivity contribution is 0.174. The van der Waals surface area contributed by atoms with Gasteiger partial charge in [-0.05, 0) is 31.1 Å². The predicted octanol–water partition coefficient (Wildman–Crippen LogP) is 2.00. The fourth-order valence-electron chi connectivity index (χ4n) is 2.48.